The van der Waals surface area contributed by atoms with Gasteiger partial charge in [-0.15, -0.1) is 0 Å². The zero-order valence-corrected chi connectivity index (χ0v) is 8.52. The number of nitrogens with zero attached hydrogens (tertiary/aromatic N) is 1. The molecule has 0 radical (unpaired) electrons. The van der Waals surface area contributed by atoms with Crippen molar-refractivity contribution in [1.29, 1.82) is 0 Å². The van der Waals surface area contributed by atoms with Gasteiger partial charge in [0, 0.05) is 5.57 Å². The summed E-state index contributed by atoms with van der Waals surface area (Å²) in [6.07, 6.45) is 1.92. The Hall–Kier alpha value is 0.140. The Labute approximate surface area is 80.0 Å². The molecule has 1 aliphatic heterocycles. The molecule has 1 heterocycles. The molecule has 0 aromatic heterocycles. The lowest BCUT2D eigenvalue weighted by Crippen LogP contribution is -2.25. The summed E-state index contributed by atoms with van der Waals surface area (Å²) >= 11 is 13.2. The molecule has 0 saturated carbocycles. The van der Waals surface area contributed by atoms with Gasteiger partial charge >= 0.3 is 0 Å². The van der Waals surface area contributed by atoms with Crippen LogP contribution in [0.2, 0.25) is 0 Å². The minimum atomic E-state index is -0.314. The Morgan fingerprint density at radius 2 is 2.27 bits per heavy atom. The maximum atomic E-state index is 5.85. The van der Waals surface area contributed by atoms with Crippen LogP contribution in [0.5, 0.6) is 0 Å². The van der Waals surface area contributed by atoms with Gasteiger partial charge in [-0.25, -0.2) is 4.99 Å². The highest BCUT2D eigenvalue weighted by Crippen LogP contribution is 2.22. The van der Waals surface area contributed by atoms with E-state index in [4.69, 9.17) is 23.2 Å². The second-order valence-electron chi connectivity index (χ2n) is 2.10. The standard InChI is InChI=1S/C6H8Cl2N2S/c1-3-4(7)9-6(11-2)10-5(3)8/h4H,1-2H3,(H,9,10). The van der Waals surface area contributed by atoms with E-state index >= 15 is 0 Å². The number of aliphatic imine (C=N–C) groups is 1. The summed E-state index contributed by atoms with van der Waals surface area (Å²) in [5.74, 6) is 0. The molecule has 1 aliphatic rings. The summed E-state index contributed by atoms with van der Waals surface area (Å²) in [4.78, 5) is 4.12. The van der Waals surface area contributed by atoms with Crippen LogP contribution in [0, 0.1) is 0 Å². The summed E-state index contributed by atoms with van der Waals surface area (Å²) in [5.41, 5.74) is 0.553. The van der Waals surface area contributed by atoms with Crippen molar-refractivity contribution in [2.45, 2.75) is 12.4 Å². The molecule has 0 aliphatic carbocycles. The zero-order chi connectivity index (χ0) is 8.43. The molecule has 1 N–H and O–H groups in total. The quantitative estimate of drug-likeness (QED) is 0.491. The van der Waals surface area contributed by atoms with Crippen molar-refractivity contribution >= 4 is 40.1 Å². The number of hydrogen-bond donors (Lipinski definition) is 1. The van der Waals surface area contributed by atoms with E-state index < -0.39 is 0 Å². The van der Waals surface area contributed by atoms with Crippen LogP contribution in [0.3, 0.4) is 0 Å². The first-order valence-electron chi connectivity index (χ1n) is 3.04. The van der Waals surface area contributed by atoms with Gasteiger partial charge in [0.1, 0.15) is 5.16 Å². The third-order valence-corrected chi connectivity index (χ3v) is 2.76. The molecule has 0 spiro atoms. The molecule has 62 valence electrons. The second-order valence-corrected chi connectivity index (χ2v) is 3.68. The highest BCUT2D eigenvalue weighted by molar-refractivity contribution is 8.13. The van der Waals surface area contributed by atoms with E-state index in [1.807, 2.05) is 13.2 Å². The molecule has 11 heavy (non-hydrogen) atoms. The molecule has 0 fully saturated rings. The lowest BCUT2D eigenvalue weighted by Gasteiger charge is -2.17. The van der Waals surface area contributed by atoms with Crippen LogP contribution in [0.15, 0.2) is 15.7 Å². The molecule has 1 rings (SSSR count). The van der Waals surface area contributed by atoms with Crippen LogP contribution in [0.4, 0.5) is 0 Å². The Balaban J connectivity index is 2.79. The van der Waals surface area contributed by atoms with Gasteiger partial charge in [0.15, 0.2) is 10.7 Å². The monoisotopic (exact) mass is 210 g/mol. The van der Waals surface area contributed by atoms with Crippen LogP contribution in [0.25, 0.3) is 0 Å². The Bertz CT molecular complexity index is 225. The van der Waals surface area contributed by atoms with Crippen molar-refractivity contribution in [3.8, 4) is 0 Å². The molecule has 0 saturated heterocycles. The normalized spacial score (nSPS) is 24.7. The third kappa shape index (κ3) is 2.04. The van der Waals surface area contributed by atoms with E-state index in [1.165, 1.54) is 11.8 Å². The lowest BCUT2D eigenvalue weighted by molar-refractivity contribution is 0.964. The molecule has 0 bridgehead atoms. The fourth-order valence-electron chi connectivity index (χ4n) is 0.633. The van der Waals surface area contributed by atoms with Crippen molar-refractivity contribution in [3.63, 3.8) is 0 Å². The lowest BCUT2D eigenvalue weighted by atomic mass is 10.3. The summed E-state index contributed by atoms with van der Waals surface area (Å²) in [7, 11) is 0. The number of thioether (sulfide) groups is 1. The third-order valence-electron chi connectivity index (χ3n) is 1.34. The highest BCUT2D eigenvalue weighted by Gasteiger charge is 2.16. The Morgan fingerprint density at radius 3 is 2.73 bits per heavy atom. The number of rotatable bonds is 0. The van der Waals surface area contributed by atoms with Crippen LogP contribution >= 0.6 is 35.0 Å². The molecular weight excluding hydrogens is 203 g/mol. The van der Waals surface area contributed by atoms with Gasteiger partial charge in [-0.3, -0.25) is 0 Å². The summed E-state index contributed by atoms with van der Waals surface area (Å²) in [6, 6.07) is 0. The number of amidine groups is 1. The van der Waals surface area contributed by atoms with Crippen LogP contribution in [-0.2, 0) is 0 Å². The first-order valence-corrected chi connectivity index (χ1v) is 5.08. The minimum Gasteiger partial charge on any atom is -0.325 e. The van der Waals surface area contributed by atoms with Gasteiger partial charge in [-0.2, -0.15) is 0 Å². The second kappa shape index (κ2) is 3.70. The fraction of sp³-hybridized carbons (Fsp3) is 0.500. The predicted molar refractivity (Wildman–Crippen MR) is 52.3 cm³/mol. The van der Waals surface area contributed by atoms with E-state index in [-0.39, 0.29) is 5.50 Å². The van der Waals surface area contributed by atoms with E-state index in [0.29, 0.717) is 5.16 Å². The highest BCUT2D eigenvalue weighted by atomic mass is 35.5. The molecule has 0 aromatic carbocycles. The summed E-state index contributed by atoms with van der Waals surface area (Å²) in [5, 5.41) is 4.27. The maximum absolute atomic E-state index is 5.85. The van der Waals surface area contributed by atoms with Crippen LogP contribution in [0.1, 0.15) is 6.92 Å². The molecular formula is C6H8Cl2N2S. The van der Waals surface area contributed by atoms with Gasteiger partial charge < -0.3 is 5.32 Å². The fourth-order valence-corrected chi connectivity index (χ4v) is 1.62. The zero-order valence-electron chi connectivity index (χ0n) is 6.19. The largest absolute Gasteiger partial charge is 0.325 e. The smallest absolute Gasteiger partial charge is 0.163 e. The molecule has 1 atom stereocenters. The SMILES string of the molecule is CSC1=NC(Cl)C(C)=C(Cl)N1. The number of halogens is 2. The summed E-state index contributed by atoms with van der Waals surface area (Å²) in [6.45, 7) is 1.85. The van der Waals surface area contributed by atoms with Crippen molar-refractivity contribution in [2.75, 3.05) is 6.26 Å². The number of hydrogen-bond acceptors (Lipinski definition) is 3. The van der Waals surface area contributed by atoms with Gasteiger partial charge in [-0.1, -0.05) is 35.0 Å². The molecule has 5 heteroatoms. The van der Waals surface area contributed by atoms with E-state index in [1.54, 1.807) is 0 Å². The van der Waals surface area contributed by atoms with Gasteiger partial charge in [0.05, 0.1) is 0 Å². The van der Waals surface area contributed by atoms with Gasteiger partial charge in [0.25, 0.3) is 0 Å². The Kier molecular flexibility index (Phi) is 3.10. The number of nitrogens with one attached hydrogen (secondary N) is 1. The van der Waals surface area contributed by atoms with Crippen molar-refractivity contribution < 1.29 is 0 Å². The molecule has 1 unspecified atom stereocenters. The Morgan fingerprint density at radius 1 is 1.64 bits per heavy atom. The first kappa shape index (κ1) is 9.23. The van der Waals surface area contributed by atoms with E-state index in [9.17, 15) is 0 Å². The van der Waals surface area contributed by atoms with Crippen molar-refractivity contribution in [2.24, 2.45) is 4.99 Å². The predicted octanol–water partition coefficient (Wildman–Crippen LogP) is 2.34. The van der Waals surface area contributed by atoms with Gasteiger partial charge in [0.2, 0.25) is 0 Å². The number of alkyl halides is 1. The summed E-state index contributed by atoms with van der Waals surface area (Å²) < 4.78 is 0. The van der Waals surface area contributed by atoms with Gasteiger partial charge in [-0.05, 0) is 13.2 Å². The van der Waals surface area contributed by atoms with Crippen LogP contribution < -0.4 is 5.32 Å². The van der Waals surface area contributed by atoms with E-state index in [2.05, 4.69) is 10.3 Å². The van der Waals surface area contributed by atoms with Crippen molar-refractivity contribution in [1.82, 2.24) is 5.32 Å². The molecule has 2 nitrogen and oxygen atoms in total. The molecule has 0 aromatic rings. The van der Waals surface area contributed by atoms with E-state index in [0.717, 1.165) is 10.7 Å². The minimum absolute atomic E-state index is 0.314. The molecule has 0 amide bonds. The van der Waals surface area contributed by atoms with Crippen molar-refractivity contribution in [3.05, 3.63) is 10.7 Å². The average molecular weight is 211 g/mol. The maximum Gasteiger partial charge on any atom is 0.163 e. The van der Waals surface area contributed by atoms with Crippen LogP contribution in [-0.4, -0.2) is 16.9 Å². The average Bonchev–Trinajstić information content (AvgIpc) is 1.99. The first-order chi connectivity index (χ1) is 5.15. The topological polar surface area (TPSA) is 24.4 Å².